The Labute approximate surface area is 187 Å². The van der Waals surface area contributed by atoms with Crippen LogP contribution in [-0.2, 0) is 20.9 Å². The number of halogens is 1. The lowest BCUT2D eigenvalue weighted by atomic mass is 10.2. The van der Waals surface area contributed by atoms with Crippen molar-refractivity contribution in [2.75, 3.05) is 39.2 Å². The molecular formula is C23H28ClN3O4. The maximum atomic E-state index is 12.2. The van der Waals surface area contributed by atoms with Gasteiger partial charge in [-0.2, -0.15) is 0 Å². The fourth-order valence-corrected chi connectivity index (χ4v) is 2.85. The summed E-state index contributed by atoms with van der Waals surface area (Å²) in [6.07, 6.45) is 0.532. The Bertz CT molecular complexity index is 883. The molecule has 0 saturated heterocycles. The van der Waals surface area contributed by atoms with E-state index in [1.54, 1.807) is 31.3 Å². The number of ether oxygens (including phenoxy) is 1. The number of hydrogen-bond acceptors (Lipinski definition) is 5. The first-order chi connectivity index (χ1) is 14.8. The summed E-state index contributed by atoms with van der Waals surface area (Å²) < 4.78 is 5.05. The van der Waals surface area contributed by atoms with Crippen LogP contribution in [0, 0.1) is 0 Å². The van der Waals surface area contributed by atoms with Gasteiger partial charge in [0.05, 0.1) is 0 Å². The average molecular weight is 446 g/mol. The SMILES string of the molecule is CN(Cc1ccc(N(C)C)cc1)C(=O)COC(=O)CCCNC(=O)c1ccc(Cl)cc1. The molecule has 0 atom stereocenters. The third-order valence-corrected chi connectivity index (χ3v) is 4.86. The number of benzene rings is 2. The van der Waals surface area contributed by atoms with Crippen LogP contribution >= 0.6 is 11.6 Å². The van der Waals surface area contributed by atoms with Crippen LogP contribution in [0.1, 0.15) is 28.8 Å². The highest BCUT2D eigenvalue weighted by atomic mass is 35.5. The first-order valence-electron chi connectivity index (χ1n) is 9.96. The fourth-order valence-electron chi connectivity index (χ4n) is 2.72. The number of hydrogen-bond donors (Lipinski definition) is 1. The Morgan fingerprint density at radius 1 is 0.968 bits per heavy atom. The number of rotatable bonds is 10. The van der Waals surface area contributed by atoms with E-state index >= 15 is 0 Å². The van der Waals surface area contributed by atoms with Crippen LogP contribution in [0.2, 0.25) is 5.02 Å². The molecule has 2 aromatic carbocycles. The van der Waals surface area contributed by atoms with E-state index in [0.29, 0.717) is 30.1 Å². The molecule has 0 bridgehead atoms. The van der Waals surface area contributed by atoms with E-state index < -0.39 is 5.97 Å². The molecule has 0 aromatic heterocycles. The van der Waals surface area contributed by atoms with E-state index in [1.165, 1.54) is 4.90 Å². The summed E-state index contributed by atoms with van der Waals surface area (Å²) in [5, 5.41) is 3.28. The summed E-state index contributed by atoms with van der Waals surface area (Å²) in [5.41, 5.74) is 2.57. The van der Waals surface area contributed by atoms with Crippen LogP contribution in [0.25, 0.3) is 0 Å². The van der Waals surface area contributed by atoms with Gasteiger partial charge in [0.25, 0.3) is 11.8 Å². The van der Waals surface area contributed by atoms with Crippen molar-refractivity contribution in [2.45, 2.75) is 19.4 Å². The molecule has 7 nitrogen and oxygen atoms in total. The maximum Gasteiger partial charge on any atom is 0.306 e. The van der Waals surface area contributed by atoms with Crippen LogP contribution < -0.4 is 10.2 Å². The van der Waals surface area contributed by atoms with Gasteiger partial charge in [-0.05, 0) is 48.4 Å². The van der Waals surface area contributed by atoms with Gasteiger partial charge in [-0.15, -0.1) is 0 Å². The number of nitrogens with zero attached hydrogens (tertiary/aromatic N) is 2. The van der Waals surface area contributed by atoms with Crippen LogP contribution in [0.3, 0.4) is 0 Å². The molecule has 2 rings (SSSR count). The van der Waals surface area contributed by atoms with Gasteiger partial charge < -0.3 is 19.9 Å². The molecule has 0 spiro atoms. The van der Waals surface area contributed by atoms with E-state index in [4.69, 9.17) is 16.3 Å². The van der Waals surface area contributed by atoms with Gasteiger partial charge in [0.1, 0.15) is 0 Å². The standard InChI is InChI=1S/C23H28ClN3O4/c1-26(2)20-12-6-17(7-13-20)15-27(3)21(28)16-31-22(29)5-4-14-25-23(30)18-8-10-19(24)11-9-18/h6-13H,4-5,14-16H2,1-3H3,(H,25,30). The van der Waals surface area contributed by atoms with Gasteiger partial charge in [-0.1, -0.05) is 23.7 Å². The third-order valence-electron chi connectivity index (χ3n) is 4.60. The molecule has 8 heteroatoms. The molecule has 31 heavy (non-hydrogen) atoms. The molecular weight excluding hydrogens is 418 g/mol. The van der Waals surface area contributed by atoms with Crippen molar-refractivity contribution in [3.05, 3.63) is 64.7 Å². The molecule has 2 aromatic rings. The Hall–Kier alpha value is -3.06. The van der Waals surface area contributed by atoms with Crippen molar-refractivity contribution >= 4 is 35.1 Å². The van der Waals surface area contributed by atoms with E-state index in [1.807, 2.05) is 43.3 Å². The predicted molar refractivity (Wildman–Crippen MR) is 121 cm³/mol. The molecule has 2 amide bonds. The quantitative estimate of drug-likeness (QED) is 0.449. The summed E-state index contributed by atoms with van der Waals surface area (Å²) >= 11 is 5.79. The Balaban J connectivity index is 1.64. The van der Waals surface area contributed by atoms with Crippen molar-refractivity contribution in [3.8, 4) is 0 Å². The monoisotopic (exact) mass is 445 g/mol. The van der Waals surface area contributed by atoms with Crippen molar-refractivity contribution in [3.63, 3.8) is 0 Å². The van der Waals surface area contributed by atoms with Crippen LogP contribution in [0.4, 0.5) is 5.69 Å². The first kappa shape index (κ1) is 24.2. The minimum Gasteiger partial charge on any atom is -0.456 e. The third kappa shape index (κ3) is 8.30. The number of anilines is 1. The zero-order valence-electron chi connectivity index (χ0n) is 18.1. The predicted octanol–water partition coefficient (Wildman–Crippen LogP) is 3.12. The molecule has 0 aliphatic heterocycles. The minimum atomic E-state index is -0.474. The number of carbonyl (C=O) groups excluding carboxylic acids is 3. The summed E-state index contributed by atoms with van der Waals surface area (Å²) in [7, 11) is 5.60. The first-order valence-corrected chi connectivity index (χ1v) is 10.3. The van der Waals surface area contributed by atoms with E-state index in [0.717, 1.165) is 11.3 Å². The van der Waals surface area contributed by atoms with Gasteiger partial charge in [-0.25, -0.2) is 0 Å². The highest BCUT2D eigenvalue weighted by Gasteiger charge is 2.13. The topological polar surface area (TPSA) is 79.0 Å². The number of carbonyl (C=O) groups is 3. The van der Waals surface area contributed by atoms with E-state index in [9.17, 15) is 14.4 Å². The highest BCUT2D eigenvalue weighted by molar-refractivity contribution is 6.30. The number of esters is 1. The van der Waals surface area contributed by atoms with Crippen molar-refractivity contribution in [1.82, 2.24) is 10.2 Å². The molecule has 0 fully saturated rings. The van der Waals surface area contributed by atoms with Crippen LogP contribution in [0.5, 0.6) is 0 Å². The number of amides is 2. The van der Waals surface area contributed by atoms with Crippen molar-refractivity contribution in [2.24, 2.45) is 0 Å². The van der Waals surface area contributed by atoms with Gasteiger partial charge in [0.15, 0.2) is 6.61 Å². The zero-order valence-corrected chi connectivity index (χ0v) is 18.8. The summed E-state index contributed by atoms with van der Waals surface area (Å²) in [4.78, 5) is 39.5. The summed E-state index contributed by atoms with van der Waals surface area (Å²) in [5.74, 6) is -0.987. The second kappa shape index (κ2) is 12.0. The average Bonchev–Trinajstić information content (AvgIpc) is 2.75. The van der Waals surface area contributed by atoms with Gasteiger partial charge in [0, 0.05) is 56.9 Å². The maximum absolute atomic E-state index is 12.2. The van der Waals surface area contributed by atoms with Crippen molar-refractivity contribution in [1.29, 1.82) is 0 Å². The zero-order chi connectivity index (χ0) is 22.8. The summed E-state index contributed by atoms with van der Waals surface area (Å²) in [6.45, 7) is 0.455. The Morgan fingerprint density at radius 3 is 2.23 bits per heavy atom. The Kier molecular flexibility index (Phi) is 9.34. The lowest BCUT2D eigenvalue weighted by molar-refractivity contribution is -0.151. The second-order valence-corrected chi connectivity index (χ2v) is 7.77. The minimum absolute atomic E-state index is 0.115. The van der Waals surface area contributed by atoms with Crippen molar-refractivity contribution < 1.29 is 19.1 Å². The summed E-state index contributed by atoms with van der Waals surface area (Å²) in [6, 6.07) is 14.4. The lowest BCUT2D eigenvalue weighted by Gasteiger charge is -2.18. The highest BCUT2D eigenvalue weighted by Crippen LogP contribution is 2.13. The van der Waals surface area contributed by atoms with Crippen LogP contribution in [-0.4, -0.2) is 57.0 Å². The number of nitrogens with one attached hydrogen (secondary N) is 1. The molecule has 0 unspecified atom stereocenters. The van der Waals surface area contributed by atoms with E-state index in [2.05, 4.69) is 5.32 Å². The van der Waals surface area contributed by atoms with Gasteiger partial charge >= 0.3 is 5.97 Å². The van der Waals surface area contributed by atoms with E-state index in [-0.39, 0.29) is 24.8 Å². The molecule has 0 heterocycles. The molecule has 166 valence electrons. The molecule has 1 N–H and O–H groups in total. The molecule has 0 aliphatic rings. The van der Waals surface area contributed by atoms with Gasteiger partial charge in [-0.3, -0.25) is 14.4 Å². The lowest BCUT2D eigenvalue weighted by Crippen LogP contribution is -2.31. The molecule has 0 saturated carbocycles. The fraction of sp³-hybridized carbons (Fsp3) is 0.348. The van der Waals surface area contributed by atoms with Gasteiger partial charge in [0.2, 0.25) is 0 Å². The second-order valence-electron chi connectivity index (χ2n) is 7.34. The van der Waals surface area contributed by atoms with Crippen LogP contribution in [0.15, 0.2) is 48.5 Å². The number of likely N-dealkylation sites (N-methyl/N-ethyl adjacent to an activating group) is 1. The smallest absolute Gasteiger partial charge is 0.306 e. The molecule has 0 radical (unpaired) electrons. The Morgan fingerprint density at radius 2 is 1.61 bits per heavy atom. The normalized spacial score (nSPS) is 10.3. The largest absolute Gasteiger partial charge is 0.456 e. The molecule has 0 aliphatic carbocycles.